The molecule has 0 aliphatic heterocycles. The monoisotopic (exact) mass is 453 g/mol. The van der Waals surface area contributed by atoms with Crippen molar-refractivity contribution in [2.45, 2.75) is 109 Å². The average Bonchev–Trinajstić information content (AvgIpc) is 2.48. The third-order valence-electron chi connectivity index (χ3n) is 8.05. The number of hydrogen-bond donors (Lipinski definition) is 0. The van der Waals surface area contributed by atoms with Crippen molar-refractivity contribution >= 4 is 0 Å². The highest BCUT2D eigenvalue weighted by Crippen LogP contribution is 2.50. The molecule has 0 radical (unpaired) electrons. The number of rotatable bonds is 13. The molecule has 0 aromatic rings. The molecule has 0 aliphatic rings. The van der Waals surface area contributed by atoms with Crippen molar-refractivity contribution in [1.82, 2.24) is 9.80 Å². The molecule has 0 saturated carbocycles. The lowest BCUT2D eigenvalue weighted by molar-refractivity contribution is 0.0199. The van der Waals surface area contributed by atoms with Gasteiger partial charge in [0, 0.05) is 13.1 Å². The van der Waals surface area contributed by atoms with Gasteiger partial charge in [0.15, 0.2) is 0 Å². The minimum atomic E-state index is 0.304. The second kappa shape index (κ2) is 12.1. The summed E-state index contributed by atoms with van der Waals surface area (Å²) in [5.41, 5.74) is 1.39. The van der Waals surface area contributed by atoms with Crippen LogP contribution in [0.4, 0.5) is 0 Å². The standard InChI is InChI=1S/C30H64N2/c1-23(17-27(3,4)5)26(22-32(15)16)20-30(11,12)29(9,10)18-24(2)25(21-31(13)14)19-28(6,7)8/h23-26H,17-22H2,1-16H3. The van der Waals surface area contributed by atoms with Crippen molar-refractivity contribution in [3.05, 3.63) is 0 Å². The van der Waals surface area contributed by atoms with E-state index < -0.39 is 0 Å². The Morgan fingerprint density at radius 1 is 0.469 bits per heavy atom. The predicted octanol–water partition coefficient (Wildman–Crippen LogP) is 8.32. The molecule has 2 heteroatoms. The number of hydrogen-bond acceptors (Lipinski definition) is 2. The van der Waals surface area contributed by atoms with Gasteiger partial charge in [-0.05, 0) is 99.2 Å². The molecular formula is C30H64N2. The van der Waals surface area contributed by atoms with E-state index in [9.17, 15) is 0 Å². The molecule has 0 aromatic carbocycles. The van der Waals surface area contributed by atoms with E-state index in [4.69, 9.17) is 0 Å². The van der Waals surface area contributed by atoms with Crippen LogP contribution in [-0.4, -0.2) is 51.1 Å². The molecule has 0 rings (SSSR count). The highest BCUT2D eigenvalue weighted by atomic mass is 15.1. The van der Waals surface area contributed by atoms with Crippen molar-refractivity contribution in [3.63, 3.8) is 0 Å². The van der Waals surface area contributed by atoms with E-state index in [0.29, 0.717) is 21.7 Å². The molecule has 0 heterocycles. The molecule has 0 spiro atoms. The second-order valence-electron chi connectivity index (χ2n) is 15.7. The van der Waals surface area contributed by atoms with Gasteiger partial charge in [-0.25, -0.2) is 0 Å². The van der Waals surface area contributed by atoms with E-state index in [2.05, 4.69) is 121 Å². The van der Waals surface area contributed by atoms with Crippen LogP contribution in [0.15, 0.2) is 0 Å². The first-order valence-electron chi connectivity index (χ1n) is 13.4. The van der Waals surface area contributed by atoms with E-state index >= 15 is 0 Å². The summed E-state index contributed by atoms with van der Waals surface area (Å²) in [6, 6.07) is 0. The zero-order valence-electron chi connectivity index (χ0n) is 25.4. The predicted molar refractivity (Wildman–Crippen MR) is 147 cm³/mol. The molecule has 194 valence electrons. The van der Waals surface area contributed by atoms with E-state index in [1.54, 1.807) is 0 Å². The van der Waals surface area contributed by atoms with Crippen LogP contribution in [-0.2, 0) is 0 Å². The molecule has 0 aromatic heterocycles. The fraction of sp³-hybridized carbons (Fsp3) is 1.00. The summed E-state index contributed by atoms with van der Waals surface area (Å²) in [5.74, 6) is 2.95. The maximum atomic E-state index is 2.55. The third kappa shape index (κ3) is 12.4. The van der Waals surface area contributed by atoms with Gasteiger partial charge < -0.3 is 9.80 Å². The Morgan fingerprint density at radius 3 is 1.12 bits per heavy atom. The second-order valence-corrected chi connectivity index (χ2v) is 15.7. The van der Waals surface area contributed by atoms with E-state index in [1.807, 2.05) is 0 Å². The van der Waals surface area contributed by atoms with Crippen molar-refractivity contribution in [1.29, 1.82) is 0 Å². The molecule has 0 aliphatic carbocycles. The Hall–Kier alpha value is -0.0800. The maximum absolute atomic E-state index is 2.55. The van der Waals surface area contributed by atoms with Gasteiger partial charge in [0.25, 0.3) is 0 Å². The maximum Gasteiger partial charge on any atom is 0.000631 e. The molecule has 0 amide bonds. The lowest BCUT2D eigenvalue weighted by Crippen LogP contribution is -2.41. The van der Waals surface area contributed by atoms with Gasteiger partial charge in [-0.1, -0.05) is 83.1 Å². The first-order chi connectivity index (χ1) is 14.1. The van der Waals surface area contributed by atoms with Crippen molar-refractivity contribution in [2.75, 3.05) is 41.3 Å². The largest absolute Gasteiger partial charge is 0.309 e. The molecule has 2 nitrogen and oxygen atoms in total. The molecular weight excluding hydrogens is 388 g/mol. The fourth-order valence-corrected chi connectivity index (χ4v) is 5.93. The zero-order chi connectivity index (χ0) is 25.7. The van der Waals surface area contributed by atoms with Crippen LogP contribution in [0.2, 0.25) is 0 Å². The third-order valence-corrected chi connectivity index (χ3v) is 8.05. The van der Waals surface area contributed by atoms with Crippen LogP contribution in [0.5, 0.6) is 0 Å². The van der Waals surface area contributed by atoms with Gasteiger partial charge in [0.05, 0.1) is 0 Å². The van der Waals surface area contributed by atoms with E-state index in [-0.39, 0.29) is 0 Å². The minimum Gasteiger partial charge on any atom is -0.309 e. The van der Waals surface area contributed by atoms with Crippen LogP contribution in [0.1, 0.15) is 109 Å². The van der Waals surface area contributed by atoms with Gasteiger partial charge in [0.1, 0.15) is 0 Å². The van der Waals surface area contributed by atoms with Crippen LogP contribution in [0.3, 0.4) is 0 Å². The Labute approximate surface area is 205 Å². The molecule has 0 N–H and O–H groups in total. The molecule has 0 saturated heterocycles. The molecule has 32 heavy (non-hydrogen) atoms. The Bertz CT molecular complexity index is 516. The summed E-state index contributed by atoms with van der Waals surface area (Å²) >= 11 is 0. The van der Waals surface area contributed by atoms with Gasteiger partial charge >= 0.3 is 0 Å². The van der Waals surface area contributed by atoms with Gasteiger partial charge in [-0.15, -0.1) is 0 Å². The van der Waals surface area contributed by atoms with Gasteiger partial charge in [-0.2, -0.15) is 0 Å². The molecule has 0 bridgehead atoms. The quantitative estimate of drug-likeness (QED) is 0.277. The average molecular weight is 453 g/mol. The molecule has 0 fully saturated rings. The van der Waals surface area contributed by atoms with Gasteiger partial charge in [0.2, 0.25) is 0 Å². The highest BCUT2D eigenvalue weighted by Gasteiger charge is 2.42. The summed E-state index contributed by atoms with van der Waals surface area (Å²) in [5, 5.41) is 0. The Kier molecular flexibility index (Phi) is 12.0. The van der Waals surface area contributed by atoms with Crippen molar-refractivity contribution in [2.24, 2.45) is 45.3 Å². The first-order valence-corrected chi connectivity index (χ1v) is 13.4. The van der Waals surface area contributed by atoms with E-state index in [0.717, 1.165) is 23.7 Å². The minimum absolute atomic E-state index is 0.304. The molecule has 4 unspecified atom stereocenters. The summed E-state index contributed by atoms with van der Waals surface area (Å²) in [6.45, 7) is 32.0. The Morgan fingerprint density at radius 2 is 0.781 bits per heavy atom. The van der Waals surface area contributed by atoms with Crippen LogP contribution < -0.4 is 0 Å². The normalized spacial score (nSPS) is 18.2. The van der Waals surface area contributed by atoms with Crippen molar-refractivity contribution < 1.29 is 0 Å². The smallest absolute Gasteiger partial charge is 0.000631 e. The van der Waals surface area contributed by atoms with Gasteiger partial charge in [-0.3, -0.25) is 0 Å². The van der Waals surface area contributed by atoms with Crippen molar-refractivity contribution in [3.8, 4) is 0 Å². The van der Waals surface area contributed by atoms with Crippen LogP contribution >= 0.6 is 0 Å². The zero-order valence-corrected chi connectivity index (χ0v) is 25.4. The summed E-state index contributed by atoms with van der Waals surface area (Å²) in [7, 11) is 8.96. The lowest BCUT2D eigenvalue weighted by Gasteiger charge is -2.48. The summed E-state index contributed by atoms with van der Waals surface area (Å²) < 4.78 is 0. The summed E-state index contributed by atoms with van der Waals surface area (Å²) in [4.78, 5) is 4.80. The SMILES string of the molecule is CC(CC(C)(C)C(C)(C)CC(CN(C)C)C(C)CC(C)(C)C)C(CN(C)C)CC(C)(C)C. The summed E-state index contributed by atoms with van der Waals surface area (Å²) in [6.07, 6.45) is 5.21. The fourth-order valence-electron chi connectivity index (χ4n) is 5.93. The molecule has 4 atom stereocenters. The van der Waals surface area contributed by atoms with Crippen LogP contribution in [0.25, 0.3) is 0 Å². The Balaban J connectivity index is 5.59. The van der Waals surface area contributed by atoms with E-state index in [1.165, 1.54) is 38.8 Å². The lowest BCUT2D eigenvalue weighted by atomic mass is 9.58. The topological polar surface area (TPSA) is 6.48 Å². The highest BCUT2D eigenvalue weighted by molar-refractivity contribution is 4.92. The first kappa shape index (κ1) is 31.9. The number of nitrogens with zero attached hydrogens (tertiary/aromatic N) is 2. The van der Waals surface area contributed by atoms with Crippen LogP contribution in [0, 0.1) is 45.3 Å².